The monoisotopic (exact) mass is 570 g/mol. The zero-order chi connectivity index (χ0) is 22.9. The number of anilines is 1. The van der Waals surface area contributed by atoms with Gasteiger partial charge in [-0.15, -0.1) is 24.0 Å². The topological polar surface area (TPSA) is 80.3 Å². The zero-order valence-corrected chi connectivity index (χ0v) is 22.5. The number of halogens is 1. The van der Waals surface area contributed by atoms with Crippen LogP contribution in [0.25, 0.3) is 0 Å². The summed E-state index contributed by atoms with van der Waals surface area (Å²) in [6.45, 7) is 9.92. The Kier molecular flexibility index (Phi) is 11.4. The molecule has 0 aliphatic carbocycles. The molecule has 9 heteroatoms. The van der Waals surface area contributed by atoms with Gasteiger partial charge in [0.2, 0.25) is 11.8 Å². The summed E-state index contributed by atoms with van der Waals surface area (Å²) in [5.74, 6) is 1.20. The van der Waals surface area contributed by atoms with Crippen molar-refractivity contribution < 1.29 is 9.59 Å². The molecule has 0 bridgehead atoms. The Hall–Kier alpha value is -1.88. The minimum absolute atomic E-state index is 0. The van der Waals surface area contributed by atoms with Crippen molar-refractivity contribution in [3.05, 3.63) is 29.8 Å². The van der Waals surface area contributed by atoms with E-state index >= 15 is 0 Å². The lowest BCUT2D eigenvalue weighted by atomic mass is 10.2. The van der Waals surface area contributed by atoms with Crippen molar-refractivity contribution in [3.8, 4) is 0 Å². The van der Waals surface area contributed by atoms with Gasteiger partial charge in [-0.2, -0.15) is 0 Å². The van der Waals surface area contributed by atoms with Crippen LogP contribution >= 0.6 is 24.0 Å². The van der Waals surface area contributed by atoms with Crippen molar-refractivity contribution in [2.24, 2.45) is 4.99 Å². The van der Waals surface area contributed by atoms with Gasteiger partial charge in [0.25, 0.3) is 0 Å². The number of benzene rings is 1. The lowest BCUT2D eigenvalue weighted by Crippen LogP contribution is -2.57. The molecule has 8 nitrogen and oxygen atoms in total. The van der Waals surface area contributed by atoms with E-state index in [1.165, 1.54) is 0 Å². The Morgan fingerprint density at radius 3 is 2.21 bits per heavy atom. The number of carbonyl (C=O) groups is 2. The van der Waals surface area contributed by atoms with Crippen molar-refractivity contribution in [3.63, 3.8) is 0 Å². The van der Waals surface area contributed by atoms with E-state index in [0.717, 1.165) is 75.7 Å². The number of aliphatic imine (C=N–C) groups is 1. The van der Waals surface area contributed by atoms with Gasteiger partial charge in [0.1, 0.15) is 0 Å². The Bertz CT molecular complexity index is 787. The summed E-state index contributed by atoms with van der Waals surface area (Å²) >= 11 is 0. The highest BCUT2D eigenvalue weighted by Gasteiger charge is 2.30. The molecule has 0 aromatic heterocycles. The predicted octanol–water partition coefficient (Wildman–Crippen LogP) is 2.75. The molecular weight excluding hydrogens is 531 g/mol. The summed E-state index contributed by atoms with van der Waals surface area (Å²) in [5, 5.41) is 6.36. The zero-order valence-electron chi connectivity index (χ0n) is 20.2. The molecule has 2 saturated heterocycles. The number of hydrogen-bond donors (Lipinski definition) is 2. The minimum atomic E-state index is -0.0541. The van der Waals surface area contributed by atoms with Gasteiger partial charge < -0.3 is 20.4 Å². The summed E-state index contributed by atoms with van der Waals surface area (Å²) < 4.78 is 0. The van der Waals surface area contributed by atoms with Crippen LogP contribution in [0.2, 0.25) is 0 Å². The SMILES string of the molecule is CCCC(=O)Nc1ccc(CNC(=NC)N2CCN(C(C)C(=O)N3CCCC3)CC2)cc1.I. The van der Waals surface area contributed by atoms with Gasteiger partial charge >= 0.3 is 0 Å². The standard InChI is InChI=1S/C24H38N6O2.HI/c1-4-7-22(31)27-21-10-8-20(9-11-21)18-26-24(25-3)30-16-14-28(15-17-30)19(2)23(32)29-12-5-6-13-29;/h8-11,19H,4-7,12-18H2,1-3H3,(H,25,26)(H,27,31);1H. The van der Waals surface area contributed by atoms with Gasteiger partial charge in [-0.05, 0) is 43.9 Å². The molecule has 1 unspecified atom stereocenters. The first-order chi connectivity index (χ1) is 15.5. The molecular formula is C24H39IN6O2. The third-order valence-corrected chi connectivity index (χ3v) is 6.31. The quantitative estimate of drug-likeness (QED) is 0.300. The molecule has 1 atom stereocenters. The fourth-order valence-electron chi connectivity index (χ4n) is 4.35. The fourth-order valence-corrected chi connectivity index (χ4v) is 4.35. The molecule has 2 fully saturated rings. The molecule has 2 heterocycles. The van der Waals surface area contributed by atoms with Gasteiger partial charge in [-0.1, -0.05) is 19.1 Å². The van der Waals surface area contributed by atoms with E-state index in [-0.39, 0.29) is 41.8 Å². The van der Waals surface area contributed by atoms with Crippen LogP contribution in [0.15, 0.2) is 29.3 Å². The third-order valence-electron chi connectivity index (χ3n) is 6.31. The first kappa shape index (κ1) is 27.4. The largest absolute Gasteiger partial charge is 0.352 e. The Morgan fingerprint density at radius 1 is 1.00 bits per heavy atom. The van der Waals surface area contributed by atoms with E-state index in [2.05, 4.69) is 25.4 Å². The van der Waals surface area contributed by atoms with E-state index in [0.29, 0.717) is 13.0 Å². The first-order valence-electron chi connectivity index (χ1n) is 11.9. The summed E-state index contributed by atoms with van der Waals surface area (Å²) in [6, 6.07) is 7.86. The van der Waals surface area contributed by atoms with Crippen LogP contribution in [0, 0.1) is 0 Å². The number of hydrogen-bond acceptors (Lipinski definition) is 4. The molecule has 0 saturated carbocycles. The number of guanidine groups is 1. The van der Waals surface area contributed by atoms with Crippen LogP contribution in [-0.2, 0) is 16.1 Å². The van der Waals surface area contributed by atoms with E-state index in [4.69, 9.17) is 0 Å². The highest BCUT2D eigenvalue weighted by molar-refractivity contribution is 14.0. The molecule has 184 valence electrons. The van der Waals surface area contributed by atoms with Gasteiger partial charge in [-0.3, -0.25) is 19.5 Å². The van der Waals surface area contributed by atoms with Crippen molar-refractivity contribution in [2.75, 3.05) is 51.6 Å². The molecule has 2 N–H and O–H groups in total. The number of amides is 2. The van der Waals surface area contributed by atoms with Crippen molar-refractivity contribution in [2.45, 2.75) is 52.1 Å². The summed E-state index contributed by atoms with van der Waals surface area (Å²) in [5.41, 5.74) is 1.95. The molecule has 3 rings (SSSR count). The number of rotatable bonds is 7. The minimum Gasteiger partial charge on any atom is -0.352 e. The van der Waals surface area contributed by atoms with E-state index in [1.807, 2.05) is 43.0 Å². The number of nitrogens with zero attached hydrogens (tertiary/aromatic N) is 4. The van der Waals surface area contributed by atoms with Crippen molar-refractivity contribution in [1.82, 2.24) is 20.0 Å². The van der Waals surface area contributed by atoms with Crippen LogP contribution < -0.4 is 10.6 Å². The van der Waals surface area contributed by atoms with Gasteiger partial charge in [0.05, 0.1) is 6.04 Å². The van der Waals surface area contributed by atoms with Crippen LogP contribution in [0.5, 0.6) is 0 Å². The summed E-state index contributed by atoms with van der Waals surface area (Å²) in [4.78, 5) is 35.4. The Labute approximate surface area is 215 Å². The number of likely N-dealkylation sites (tertiary alicyclic amines) is 1. The van der Waals surface area contributed by atoms with E-state index in [1.54, 1.807) is 7.05 Å². The maximum absolute atomic E-state index is 12.7. The molecule has 1 aromatic rings. The average Bonchev–Trinajstić information content (AvgIpc) is 3.35. The second kappa shape index (κ2) is 13.7. The maximum Gasteiger partial charge on any atom is 0.239 e. The normalized spacial score (nSPS) is 18.0. The second-order valence-electron chi connectivity index (χ2n) is 8.63. The van der Waals surface area contributed by atoms with Crippen molar-refractivity contribution in [1.29, 1.82) is 0 Å². The number of piperazine rings is 1. The number of nitrogens with one attached hydrogen (secondary N) is 2. The molecule has 33 heavy (non-hydrogen) atoms. The van der Waals surface area contributed by atoms with Crippen molar-refractivity contribution >= 4 is 47.4 Å². The third kappa shape index (κ3) is 7.84. The van der Waals surface area contributed by atoms with Gasteiger partial charge in [-0.25, -0.2) is 0 Å². The fraction of sp³-hybridized carbons (Fsp3) is 0.625. The van der Waals surface area contributed by atoms with E-state index < -0.39 is 0 Å². The van der Waals surface area contributed by atoms with Crippen LogP contribution in [0.1, 0.15) is 45.1 Å². The first-order valence-corrected chi connectivity index (χ1v) is 11.9. The molecule has 2 amide bonds. The average molecular weight is 571 g/mol. The molecule has 2 aliphatic rings. The second-order valence-corrected chi connectivity index (χ2v) is 8.63. The molecule has 0 spiro atoms. The summed E-state index contributed by atoms with van der Waals surface area (Å²) in [7, 11) is 1.81. The molecule has 1 aromatic carbocycles. The van der Waals surface area contributed by atoms with Crippen LogP contribution in [0.3, 0.4) is 0 Å². The van der Waals surface area contributed by atoms with Crippen LogP contribution in [-0.4, -0.2) is 84.8 Å². The van der Waals surface area contributed by atoms with Crippen LogP contribution in [0.4, 0.5) is 5.69 Å². The highest BCUT2D eigenvalue weighted by atomic mass is 127. The Morgan fingerprint density at radius 2 is 1.64 bits per heavy atom. The predicted molar refractivity (Wildman–Crippen MR) is 144 cm³/mol. The summed E-state index contributed by atoms with van der Waals surface area (Å²) in [6.07, 6.45) is 3.64. The van der Waals surface area contributed by atoms with Gasteiger partial charge in [0.15, 0.2) is 5.96 Å². The molecule has 0 radical (unpaired) electrons. The molecule has 2 aliphatic heterocycles. The Balaban J connectivity index is 0.00000385. The lowest BCUT2D eigenvalue weighted by molar-refractivity contribution is -0.135. The lowest BCUT2D eigenvalue weighted by Gasteiger charge is -2.39. The smallest absolute Gasteiger partial charge is 0.239 e. The van der Waals surface area contributed by atoms with Gasteiger partial charge in [0, 0.05) is 65.0 Å². The maximum atomic E-state index is 12.7. The highest BCUT2D eigenvalue weighted by Crippen LogP contribution is 2.14. The van der Waals surface area contributed by atoms with E-state index in [9.17, 15) is 9.59 Å². The number of carbonyl (C=O) groups excluding carboxylic acids is 2.